The Morgan fingerprint density at radius 1 is 1.14 bits per heavy atom. The largest absolute Gasteiger partial charge is 0.496 e. The maximum atomic E-state index is 13.5. The van der Waals surface area contributed by atoms with Gasteiger partial charge in [-0.15, -0.1) is 11.3 Å². The number of allylic oxidation sites excluding steroid dienone is 1. The van der Waals surface area contributed by atoms with E-state index in [4.69, 9.17) is 19.9 Å². The van der Waals surface area contributed by atoms with E-state index in [1.165, 1.54) is 11.7 Å². The van der Waals surface area contributed by atoms with E-state index in [9.17, 15) is 14.9 Å². The van der Waals surface area contributed by atoms with E-state index in [-0.39, 0.29) is 23.6 Å². The number of rotatable bonds is 6. The fraction of sp³-hybridized carbons (Fsp3) is 0.192. The van der Waals surface area contributed by atoms with Crippen molar-refractivity contribution in [3.8, 4) is 17.6 Å². The second kappa shape index (κ2) is 9.91. The standard InChI is InChI=1S/C26H23N3O5S/c1-4-34-26(31)22-21(16-10-6-8-12-19(16)33-3)17(14-27)23(28)29-24(30)20(35-25(22)29)13-15-9-5-7-11-18(15)32-2/h5-13,21H,4,28H2,1-3H3/b20-13+. The highest BCUT2D eigenvalue weighted by molar-refractivity contribution is 7.07. The number of methoxy groups -OCH3 is 2. The molecule has 178 valence electrons. The van der Waals surface area contributed by atoms with Gasteiger partial charge in [0.25, 0.3) is 5.56 Å². The third-order valence-electron chi connectivity index (χ3n) is 5.64. The molecule has 0 aliphatic carbocycles. The van der Waals surface area contributed by atoms with Gasteiger partial charge >= 0.3 is 5.97 Å². The van der Waals surface area contributed by atoms with Crippen LogP contribution in [0.15, 0.2) is 58.9 Å². The molecule has 2 heterocycles. The monoisotopic (exact) mass is 489 g/mol. The number of fused-ring (bicyclic) bond motifs is 1. The molecule has 1 atom stereocenters. The topological polar surface area (TPSA) is 117 Å². The Bertz CT molecular complexity index is 1560. The van der Waals surface area contributed by atoms with Crippen LogP contribution in [0, 0.1) is 11.3 Å². The molecule has 1 aliphatic rings. The van der Waals surface area contributed by atoms with Gasteiger partial charge in [0, 0.05) is 11.1 Å². The quantitative estimate of drug-likeness (QED) is 0.526. The van der Waals surface area contributed by atoms with Crippen LogP contribution in [0.2, 0.25) is 0 Å². The van der Waals surface area contributed by atoms with E-state index in [2.05, 4.69) is 6.07 Å². The molecule has 0 saturated carbocycles. The molecule has 0 spiro atoms. The number of thiazole rings is 1. The van der Waals surface area contributed by atoms with Crippen LogP contribution in [0.3, 0.4) is 0 Å². The van der Waals surface area contributed by atoms with Crippen molar-refractivity contribution in [2.75, 3.05) is 20.8 Å². The van der Waals surface area contributed by atoms with Gasteiger partial charge in [-0.05, 0) is 25.1 Å². The summed E-state index contributed by atoms with van der Waals surface area (Å²) in [6.07, 6.45) is 1.68. The van der Waals surface area contributed by atoms with Crippen molar-refractivity contribution < 1.29 is 19.0 Å². The molecule has 2 N–H and O–H groups in total. The number of para-hydroxylation sites is 2. The lowest BCUT2D eigenvalue weighted by Crippen LogP contribution is -2.40. The van der Waals surface area contributed by atoms with Crippen molar-refractivity contribution >= 4 is 34.8 Å². The van der Waals surface area contributed by atoms with E-state index < -0.39 is 17.4 Å². The highest BCUT2D eigenvalue weighted by Crippen LogP contribution is 2.40. The molecule has 8 nitrogen and oxygen atoms in total. The average Bonchev–Trinajstić information content (AvgIpc) is 3.19. The van der Waals surface area contributed by atoms with E-state index >= 15 is 0 Å². The molecule has 0 amide bonds. The number of nitrogens with zero attached hydrogens (tertiary/aromatic N) is 2. The number of benzene rings is 2. The Balaban J connectivity index is 2.13. The number of hydrogen-bond donors (Lipinski definition) is 1. The number of hydrogen-bond acceptors (Lipinski definition) is 8. The molecule has 35 heavy (non-hydrogen) atoms. The van der Waals surface area contributed by atoms with E-state index in [1.807, 2.05) is 18.2 Å². The molecule has 0 saturated heterocycles. The van der Waals surface area contributed by atoms with Crippen molar-refractivity contribution in [3.05, 3.63) is 84.8 Å². The fourth-order valence-corrected chi connectivity index (χ4v) is 5.25. The van der Waals surface area contributed by atoms with Crippen LogP contribution in [0.5, 0.6) is 11.5 Å². The van der Waals surface area contributed by atoms with E-state index in [1.54, 1.807) is 50.4 Å². The maximum absolute atomic E-state index is 13.5. The summed E-state index contributed by atoms with van der Waals surface area (Å²) in [6, 6.07) is 16.4. The minimum atomic E-state index is -0.868. The number of ether oxygens (including phenoxy) is 3. The number of esters is 1. The summed E-state index contributed by atoms with van der Waals surface area (Å²) in [5.41, 5.74) is 7.44. The van der Waals surface area contributed by atoms with Crippen molar-refractivity contribution in [3.63, 3.8) is 0 Å². The molecule has 3 aromatic rings. The highest BCUT2D eigenvalue weighted by atomic mass is 32.1. The summed E-state index contributed by atoms with van der Waals surface area (Å²) >= 11 is 1.10. The van der Waals surface area contributed by atoms with Crippen LogP contribution in [-0.2, 0) is 9.53 Å². The van der Waals surface area contributed by atoms with Gasteiger partial charge in [0.15, 0.2) is 0 Å². The molecule has 9 heteroatoms. The Kier molecular flexibility index (Phi) is 6.75. The Morgan fingerprint density at radius 2 is 1.80 bits per heavy atom. The van der Waals surface area contributed by atoms with Crippen LogP contribution < -0.4 is 30.0 Å². The first-order chi connectivity index (χ1) is 17.0. The lowest BCUT2D eigenvalue weighted by Gasteiger charge is -2.25. The average molecular weight is 490 g/mol. The maximum Gasteiger partial charge on any atom is 0.338 e. The number of carbonyl (C=O) groups excluding carboxylic acids is 1. The second-order valence-corrected chi connectivity index (χ2v) is 8.55. The fourth-order valence-electron chi connectivity index (χ4n) is 4.10. The van der Waals surface area contributed by atoms with Crippen LogP contribution in [0.4, 0.5) is 0 Å². The second-order valence-electron chi connectivity index (χ2n) is 7.52. The number of nitriles is 1. The summed E-state index contributed by atoms with van der Waals surface area (Å²) in [4.78, 5) is 26.7. The van der Waals surface area contributed by atoms with E-state index in [0.29, 0.717) is 31.8 Å². The van der Waals surface area contributed by atoms with Crippen molar-refractivity contribution in [2.45, 2.75) is 12.8 Å². The zero-order valence-electron chi connectivity index (χ0n) is 19.4. The first kappa shape index (κ1) is 23.9. The summed E-state index contributed by atoms with van der Waals surface area (Å²) in [5.74, 6) is -0.471. The molecule has 0 radical (unpaired) electrons. The molecule has 0 fully saturated rings. The van der Waals surface area contributed by atoms with Crippen LogP contribution in [0.25, 0.3) is 17.5 Å². The molecule has 4 rings (SSSR count). The normalized spacial score (nSPS) is 15.4. The Morgan fingerprint density at radius 3 is 2.46 bits per heavy atom. The van der Waals surface area contributed by atoms with Gasteiger partial charge in [-0.3, -0.25) is 9.36 Å². The first-order valence-corrected chi connectivity index (χ1v) is 11.6. The van der Waals surface area contributed by atoms with Crippen LogP contribution in [0.1, 0.15) is 24.0 Å². The summed E-state index contributed by atoms with van der Waals surface area (Å²) in [7, 11) is 3.05. The van der Waals surface area contributed by atoms with Gasteiger partial charge < -0.3 is 19.9 Å². The molecular formula is C26H23N3O5S. The first-order valence-electron chi connectivity index (χ1n) is 10.8. The van der Waals surface area contributed by atoms with Gasteiger partial charge in [-0.25, -0.2) is 4.79 Å². The predicted molar refractivity (Wildman–Crippen MR) is 133 cm³/mol. The lowest BCUT2D eigenvalue weighted by atomic mass is 9.83. The SMILES string of the molecule is CCOC(=O)C1=c2s/c(=C/c3ccccc3OC)c(=O)n2C(N)=C(C#N)C1c1ccccc1OC. The third kappa shape index (κ3) is 4.09. The van der Waals surface area contributed by atoms with Gasteiger partial charge in [-0.1, -0.05) is 36.4 Å². The minimum Gasteiger partial charge on any atom is -0.496 e. The van der Waals surface area contributed by atoms with E-state index in [0.717, 1.165) is 11.3 Å². The van der Waals surface area contributed by atoms with Crippen LogP contribution >= 0.6 is 11.3 Å². The van der Waals surface area contributed by atoms with Gasteiger partial charge in [0.05, 0.1) is 48.5 Å². The zero-order valence-corrected chi connectivity index (χ0v) is 20.2. The van der Waals surface area contributed by atoms with Crippen LogP contribution in [-0.4, -0.2) is 31.4 Å². The summed E-state index contributed by atoms with van der Waals surface area (Å²) in [6.45, 7) is 1.81. The number of aromatic nitrogens is 1. The highest BCUT2D eigenvalue weighted by Gasteiger charge is 2.37. The van der Waals surface area contributed by atoms with Gasteiger partial charge in [0.1, 0.15) is 22.0 Å². The minimum absolute atomic E-state index is 0.0348. The molecule has 1 aromatic heterocycles. The Labute approximate surface area is 205 Å². The molecular weight excluding hydrogens is 466 g/mol. The third-order valence-corrected chi connectivity index (χ3v) is 6.75. The molecule has 1 unspecified atom stereocenters. The smallest absolute Gasteiger partial charge is 0.338 e. The molecule has 1 aliphatic heterocycles. The zero-order chi connectivity index (χ0) is 25.1. The number of nitrogens with two attached hydrogens (primary N) is 1. The molecule has 0 bridgehead atoms. The summed E-state index contributed by atoms with van der Waals surface area (Å²) < 4.78 is 18.1. The van der Waals surface area contributed by atoms with Crippen molar-refractivity contribution in [1.29, 1.82) is 5.26 Å². The number of carbonyl (C=O) groups is 1. The summed E-state index contributed by atoms with van der Waals surface area (Å²) in [5, 5.41) is 10.1. The molecule has 2 aromatic carbocycles. The van der Waals surface area contributed by atoms with Gasteiger partial charge in [-0.2, -0.15) is 5.26 Å². The lowest BCUT2D eigenvalue weighted by molar-refractivity contribution is -0.136. The Hall–Kier alpha value is -4.29. The van der Waals surface area contributed by atoms with Crippen molar-refractivity contribution in [2.24, 2.45) is 5.73 Å². The predicted octanol–water partition coefficient (Wildman–Crippen LogP) is 1.92. The van der Waals surface area contributed by atoms with Gasteiger partial charge in [0.2, 0.25) is 0 Å². The van der Waals surface area contributed by atoms with Crippen molar-refractivity contribution in [1.82, 2.24) is 4.57 Å².